The summed E-state index contributed by atoms with van der Waals surface area (Å²) in [7, 11) is 0. The van der Waals surface area contributed by atoms with E-state index in [1.807, 2.05) is 0 Å². The quantitative estimate of drug-likeness (QED) is 0.326. The van der Waals surface area contributed by atoms with Crippen LogP contribution in [0, 0.1) is 0 Å². The number of aromatic nitrogens is 3. The molecule has 2 aromatic carbocycles. The Labute approximate surface area is 199 Å². The van der Waals surface area contributed by atoms with Gasteiger partial charge >= 0.3 is 12.2 Å². The molecule has 0 atom stereocenters. The fourth-order valence-electron chi connectivity index (χ4n) is 2.59. The van der Waals surface area contributed by atoms with E-state index in [-0.39, 0.29) is 11.5 Å². The molecule has 0 radical (unpaired) electrons. The molecule has 34 heavy (non-hydrogen) atoms. The first-order valence-corrected chi connectivity index (χ1v) is 10.4. The number of nitrogens with zero attached hydrogens (tertiary/aromatic N) is 3. The van der Waals surface area contributed by atoms with Crippen LogP contribution in [0.5, 0.6) is 11.5 Å². The summed E-state index contributed by atoms with van der Waals surface area (Å²) in [6.07, 6.45) is -2.00. The van der Waals surface area contributed by atoms with Crippen LogP contribution in [-0.4, -0.2) is 50.2 Å². The summed E-state index contributed by atoms with van der Waals surface area (Å²) in [5.41, 5.74) is 2.31. The van der Waals surface area contributed by atoms with Crippen molar-refractivity contribution in [2.75, 3.05) is 13.2 Å². The van der Waals surface area contributed by atoms with Crippen LogP contribution in [0.15, 0.2) is 77.7 Å². The van der Waals surface area contributed by atoms with Crippen LogP contribution in [0.25, 0.3) is 16.8 Å². The minimum absolute atomic E-state index is 0.0160. The summed E-state index contributed by atoms with van der Waals surface area (Å²) in [4.78, 5) is 4.23. The average molecular weight is 544 g/mol. The Bertz CT molecular complexity index is 1200. The number of halogens is 5. The monoisotopic (exact) mass is 543 g/mol. The largest absolute Gasteiger partial charge is 0.431 e. The molecular formula is C22H18BrF4N3O4. The van der Waals surface area contributed by atoms with Crippen molar-refractivity contribution in [2.45, 2.75) is 12.2 Å². The third-order valence-electron chi connectivity index (χ3n) is 4.15. The maximum Gasteiger partial charge on any atom is 0.421 e. The minimum Gasteiger partial charge on any atom is -0.431 e. The van der Waals surface area contributed by atoms with Crippen LogP contribution in [-0.2, 0) is 0 Å². The Morgan fingerprint density at radius 3 is 1.85 bits per heavy atom. The molecule has 4 aromatic rings. The highest BCUT2D eigenvalue weighted by molar-refractivity contribution is 9.10. The van der Waals surface area contributed by atoms with Crippen molar-refractivity contribution in [1.29, 1.82) is 0 Å². The smallest absolute Gasteiger partial charge is 0.421 e. The van der Waals surface area contributed by atoms with Gasteiger partial charge in [-0.15, -0.1) is 0 Å². The number of aliphatic hydroxyl groups excluding tert-OH is 2. The second-order valence-corrected chi connectivity index (χ2v) is 7.67. The highest BCUT2D eigenvalue weighted by Gasteiger charge is 2.30. The Morgan fingerprint density at radius 2 is 1.32 bits per heavy atom. The molecule has 0 spiro atoms. The molecular weight excluding hydrogens is 526 g/mol. The van der Waals surface area contributed by atoms with Gasteiger partial charge < -0.3 is 19.7 Å². The first kappa shape index (κ1) is 25.4. The summed E-state index contributed by atoms with van der Waals surface area (Å²) in [5, 5.41) is 20.8. The van der Waals surface area contributed by atoms with E-state index in [1.54, 1.807) is 53.4 Å². The van der Waals surface area contributed by atoms with Crippen molar-refractivity contribution in [3.63, 3.8) is 0 Å². The number of ether oxygens (including phenoxy) is 2. The van der Waals surface area contributed by atoms with E-state index in [9.17, 15) is 17.6 Å². The number of aliphatic hydroxyl groups is 2. The molecule has 2 aromatic heterocycles. The standard InChI is InChI=1S/C14H11F2N3O2.C8H7BrF2O2/c15-14(16,9-20)21-12-3-1-10(2-4-12)11-7-17-13-5-6-18-19(13)8-11;9-6-1-3-7(4-2-6)13-8(10,11)5-12/h1-8,20H,9H2;1-4,12H,5H2. The number of rotatable bonds is 7. The first-order valence-electron chi connectivity index (χ1n) is 9.61. The first-order chi connectivity index (χ1) is 16.1. The minimum atomic E-state index is -3.59. The third-order valence-corrected chi connectivity index (χ3v) is 4.68. The molecule has 180 valence electrons. The van der Waals surface area contributed by atoms with E-state index in [2.05, 4.69) is 35.5 Å². The molecule has 0 aliphatic rings. The number of fused-ring (bicyclic) bond motifs is 1. The van der Waals surface area contributed by atoms with Gasteiger partial charge in [0.05, 0.1) is 6.20 Å². The Hall–Kier alpha value is -3.22. The lowest BCUT2D eigenvalue weighted by molar-refractivity contribution is -0.201. The normalized spacial score (nSPS) is 11.6. The number of hydrogen-bond donors (Lipinski definition) is 2. The van der Waals surface area contributed by atoms with Gasteiger partial charge in [0, 0.05) is 28.5 Å². The fourth-order valence-corrected chi connectivity index (χ4v) is 2.85. The van der Waals surface area contributed by atoms with Crippen molar-refractivity contribution < 1.29 is 37.2 Å². The summed E-state index contributed by atoms with van der Waals surface area (Å²) < 4.78 is 61.7. The van der Waals surface area contributed by atoms with Crippen LogP contribution < -0.4 is 9.47 Å². The maximum absolute atomic E-state index is 12.9. The zero-order chi connectivity index (χ0) is 24.8. The van der Waals surface area contributed by atoms with Gasteiger partial charge in [-0.1, -0.05) is 28.1 Å². The van der Waals surface area contributed by atoms with Gasteiger partial charge in [-0.25, -0.2) is 9.50 Å². The van der Waals surface area contributed by atoms with Gasteiger partial charge in [0.1, 0.15) is 24.7 Å². The third kappa shape index (κ3) is 7.14. The lowest BCUT2D eigenvalue weighted by atomic mass is 10.1. The molecule has 0 saturated carbocycles. The van der Waals surface area contributed by atoms with Gasteiger partial charge in [-0.05, 0) is 42.0 Å². The Morgan fingerprint density at radius 1 is 0.794 bits per heavy atom. The molecule has 0 aliphatic heterocycles. The van der Waals surface area contributed by atoms with Crippen LogP contribution in [0.2, 0.25) is 0 Å². The van der Waals surface area contributed by atoms with Crippen molar-refractivity contribution in [2.24, 2.45) is 0 Å². The van der Waals surface area contributed by atoms with Gasteiger partial charge in [0.25, 0.3) is 0 Å². The SMILES string of the molecule is OCC(F)(F)Oc1ccc(-c2cnc3ccnn3c2)cc1.OCC(F)(F)Oc1ccc(Br)cc1. The number of alkyl halides is 4. The van der Waals surface area contributed by atoms with Crippen LogP contribution in [0.1, 0.15) is 0 Å². The zero-order valence-electron chi connectivity index (χ0n) is 17.3. The lowest BCUT2D eigenvalue weighted by Crippen LogP contribution is -2.28. The molecule has 0 fully saturated rings. The van der Waals surface area contributed by atoms with Gasteiger partial charge in [-0.3, -0.25) is 0 Å². The zero-order valence-corrected chi connectivity index (χ0v) is 18.9. The number of hydrogen-bond acceptors (Lipinski definition) is 6. The van der Waals surface area contributed by atoms with Crippen molar-refractivity contribution in [1.82, 2.24) is 14.6 Å². The van der Waals surface area contributed by atoms with Crippen LogP contribution >= 0.6 is 15.9 Å². The van der Waals surface area contributed by atoms with E-state index in [1.165, 1.54) is 24.3 Å². The predicted octanol–water partition coefficient (Wildman–Crippen LogP) is 4.77. The molecule has 7 nitrogen and oxygen atoms in total. The van der Waals surface area contributed by atoms with Gasteiger partial charge in [-0.2, -0.15) is 22.7 Å². The summed E-state index contributed by atoms with van der Waals surface area (Å²) in [5.74, 6) is -0.00632. The average Bonchev–Trinajstić information content (AvgIpc) is 3.29. The second kappa shape index (κ2) is 10.8. The predicted molar refractivity (Wildman–Crippen MR) is 118 cm³/mol. The van der Waals surface area contributed by atoms with E-state index >= 15 is 0 Å². The summed E-state index contributed by atoms with van der Waals surface area (Å²) in [6, 6.07) is 13.8. The lowest BCUT2D eigenvalue weighted by Gasteiger charge is -2.15. The van der Waals surface area contributed by atoms with E-state index in [0.717, 1.165) is 21.2 Å². The summed E-state index contributed by atoms with van der Waals surface area (Å²) >= 11 is 3.15. The highest BCUT2D eigenvalue weighted by atomic mass is 79.9. The van der Waals surface area contributed by atoms with Crippen LogP contribution in [0.4, 0.5) is 17.6 Å². The molecule has 4 rings (SSSR count). The van der Waals surface area contributed by atoms with E-state index in [4.69, 9.17) is 10.2 Å². The second-order valence-electron chi connectivity index (χ2n) is 6.75. The maximum atomic E-state index is 12.9. The van der Waals surface area contributed by atoms with Crippen molar-refractivity contribution in [3.05, 3.63) is 77.7 Å². The molecule has 0 unspecified atom stereocenters. The highest BCUT2D eigenvalue weighted by Crippen LogP contribution is 2.26. The molecule has 2 N–H and O–H groups in total. The van der Waals surface area contributed by atoms with Crippen molar-refractivity contribution in [3.8, 4) is 22.6 Å². The summed E-state index contributed by atoms with van der Waals surface area (Å²) in [6.45, 7) is -2.70. The van der Waals surface area contributed by atoms with Crippen molar-refractivity contribution >= 4 is 21.6 Å². The van der Waals surface area contributed by atoms with Crippen LogP contribution in [0.3, 0.4) is 0 Å². The fraction of sp³-hybridized carbons (Fsp3) is 0.182. The topological polar surface area (TPSA) is 89.1 Å². The number of benzene rings is 2. The van der Waals surface area contributed by atoms with Gasteiger partial charge in [0.15, 0.2) is 5.65 Å². The molecule has 0 bridgehead atoms. The molecule has 0 aliphatic carbocycles. The van der Waals surface area contributed by atoms with E-state index in [0.29, 0.717) is 0 Å². The molecule has 0 amide bonds. The Balaban J connectivity index is 0.000000215. The molecule has 0 saturated heterocycles. The molecule has 2 heterocycles. The van der Waals surface area contributed by atoms with Gasteiger partial charge in [0.2, 0.25) is 0 Å². The molecule has 12 heteroatoms. The Kier molecular flexibility index (Phi) is 8.07. The van der Waals surface area contributed by atoms with E-state index < -0.39 is 25.4 Å².